The lowest BCUT2D eigenvalue weighted by Gasteiger charge is -2.30. The molecule has 0 unspecified atom stereocenters. The summed E-state index contributed by atoms with van der Waals surface area (Å²) < 4.78 is 0. The number of fused-ring (bicyclic) bond motifs is 1. The molecule has 3 nitrogen and oxygen atoms in total. The van der Waals surface area contributed by atoms with Crippen LogP contribution in [0.3, 0.4) is 0 Å². The van der Waals surface area contributed by atoms with Gasteiger partial charge in [0.1, 0.15) is 0 Å². The molecule has 1 aliphatic heterocycles. The van der Waals surface area contributed by atoms with E-state index in [9.17, 15) is 4.79 Å². The van der Waals surface area contributed by atoms with Gasteiger partial charge in [-0.2, -0.15) is 0 Å². The number of carbonyl (C=O) groups is 1. The van der Waals surface area contributed by atoms with Gasteiger partial charge in [0, 0.05) is 13.1 Å². The third-order valence-corrected chi connectivity index (χ3v) is 3.47. The predicted molar refractivity (Wildman–Crippen MR) is 76.5 cm³/mol. The van der Waals surface area contributed by atoms with Gasteiger partial charge < -0.3 is 10.2 Å². The molecule has 0 aromatic heterocycles. The first-order valence-corrected chi connectivity index (χ1v) is 6.78. The van der Waals surface area contributed by atoms with Gasteiger partial charge in [-0.15, -0.1) is 6.42 Å². The average molecular weight is 256 g/mol. The van der Waals surface area contributed by atoms with Crippen LogP contribution in [-0.4, -0.2) is 29.9 Å². The fourth-order valence-electron chi connectivity index (χ4n) is 2.50. The molecule has 2 rings (SSSR count). The van der Waals surface area contributed by atoms with E-state index >= 15 is 0 Å². The quantitative estimate of drug-likeness (QED) is 0.829. The molecule has 100 valence electrons. The van der Waals surface area contributed by atoms with E-state index < -0.39 is 0 Å². The van der Waals surface area contributed by atoms with E-state index in [2.05, 4.69) is 30.3 Å². The van der Waals surface area contributed by atoms with Crippen molar-refractivity contribution >= 4 is 5.91 Å². The van der Waals surface area contributed by atoms with E-state index in [0.29, 0.717) is 6.54 Å². The zero-order valence-corrected chi connectivity index (χ0v) is 11.4. The van der Waals surface area contributed by atoms with Crippen LogP contribution in [0.15, 0.2) is 24.3 Å². The summed E-state index contributed by atoms with van der Waals surface area (Å²) in [4.78, 5) is 14.2. The van der Waals surface area contributed by atoms with E-state index in [4.69, 9.17) is 6.42 Å². The van der Waals surface area contributed by atoms with Gasteiger partial charge in [0.25, 0.3) is 0 Å². The summed E-state index contributed by atoms with van der Waals surface area (Å²) >= 11 is 0. The predicted octanol–water partition coefficient (Wildman–Crippen LogP) is 1.57. The highest BCUT2D eigenvalue weighted by Crippen LogP contribution is 2.17. The number of nitrogens with one attached hydrogen (secondary N) is 1. The number of rotatable bonds is 4. The summed E-state index contributed by atoms with van der Waals surface area (Å²) in [6, 6.07) is 8.12. The fraction of sp³-hybridized carbons (Fsp3) is 0.438. The summed E-state index contributed by atoms with van der Waals surface area (Å²) in [5.74, 6) is 2.69. The first-order chi connectivity index (χ1) is 9.26. The van der Waals surface area contributed by atoms with E-state index in [0.717, 1.165) is 25.9 Å². The van der Waals surface area contributed by atoms with Crippen LogP contribution in [0.4, 0.5) is 0 Å². The summed E-state index contributed by atoms with van der Waals surface area (Å²) in [5, 5.41) is 3.31. The molecule has 1 heterocycles. The number of hydrogen-bond donors (Lipinski definition) is 1. The monoisotopic (exact) mass is 256 g/mol. The fourth-order valence-corrected chi connectivity index (χ4v) is 2.50. The second-order valence-electron chi connectivity index (χ2n) is 4.87. The van der Waals surface area contributed by atoms with Crippen molar-refractivity contribution in [1.82, 2.24) is 10.2 Å². The van der Waals surface area contributed by atoms with Crippen molar-refractivity contribution in [3.8, 4) is 12.3 Å². The number of carbonyl (C=O) groups excluding carboxylic acids is 1. The molecule has 19 heavy (non-hydrogen) atoms. The van der Waals surface area contributed by atoms with Crippen molar-refractivity contribution in [2.24, 2.45) is 0 Å². The van der Waals surface area contributed by atoms with Crippen molar-refractivity contribution in [1.29, 1.82) is 0 Å². The van der Waals surface area contributed by atoms with E-state index in [1.165, 1.54) is 11.1 Å². The van der Waals surface area contributed by atoms with Crippen LogP contribution < -0.4 is 5.32 Å². The molecule has 1 aliphatic rings. The Kier molecular flexibility index (Phi) is 4.59. The van der Waals surface area contributed by atoms with Gasteiger partial charge in [0.2, 0.25) is 5.91 Å². The van der Waals surface area contributed by atoms with Crippen molar-refractivity contribution in [2.75, 3.05) is 13.1 Å². The first kappa shape index (κ1) is 13.6. The Morgan fingerprint density at radius 3 is 2.89 bits per heavy atom. The molecule has 0 aliphatic carbocycles. The highest BCUT2D eigenvalue weighted by molar-refractivity contribution is 5.82. The van der Waals surface area contributed by atoms with Crippen molar-refractivity contribution < 1.29 is 4.79 Å². The van der Waals surface area contributed by atoms with Crippen molar-refractivity contribution in [3.63, 3.8) is 0 Å². The maximum absolute atomic E-state index is 12.5. The molecule has 0 fully saturated rings. The third kappa shape index (κ3) is 3.15. The Bertz CT molecular complexity index is 490. The minimum Gasteiger partial charge on any atom is -0.330 e. The average Bonchev–Trinajstić information content (AvgIpc) is 2.46. The van der Waals surface area contributed by atoms with Crippen LogP contribution >= 0.6 is 0 Å². The zero-order chi connectivity index (χ0) is 13.7. The van der Waals surface area contributed by atoms with Gasteiger partial charge in [-0.25, -0.2) is 0 Å². The van der Waals surface area contributed by atoms with Crippen LogP contribution in [0.2, 0.25) is 0 Å². The third-order valence-electron chi connectivity index (χ3n) is 3.47. The normalized spacial score (nSPS) is 17.4. The molecule has 3 heteroatoms. The molecule has 1 aromatic carbocycles. The molecular formula is C16H20N2O. The molecular weight excluding hydrogens is 236 g/mol. The topological polar surface area (TPSA) is 32.3 Å². The number of amides is 1. The van der Waals surface area contributed by atoms with Gasteiger partial charge in [0.15, 0.2) is 0 Å². The van der Waals surface area contributed by atoms with Gasteiger partial charge >= 0.3 is 0 Å². The Morgan fingerprint density at radius 1 is 1.47 bits per heavy atom. The standard InChI is InChI=1S/C16H20N2O/c1-3-9-18(10-4-2)16(19)15-11-13-7-5-6-8-14(13)12-17-15/h1,5-8,15,17H,4,9-12H2,2H3/t15-/m0/s1. The summed E-state index contributed by atoms with van der Waals surface area (Å²) in [5.41, 5.74) is 2.54. The molecule has 0 radical (unpaired) electrons. The molecule has 0 saturated heterocycles. The SMILES string of the molecule is C#CCN(CCC)C(=O)[C@@H]1Cc2ccccc2CN1. The lowest BCUT2D eigenvalue weighted by molar-refractivity contribution is -0.133. The smallest absolute Gasteiger partial charge is 0.240 e. The van der Waals surface area contributed by atoms with E-state index in [-0.39, 0.29) is 11.9 Å². The highest BCUT2D eigenvalue weighted by Gasteiger charge is 2.27. The van der Waals surface area contributed by atoms with Crippen LogP contribution in [-0.2, 0) is 17.8 Å². The van der Waals surface area contributed by atoms with Gasteiger partial charge in [-0.1, -0.05) is 37.1 Å². The molecule has 1 N–H and O–H groups in total. The highest BCUT2D eigenvalue weighted by atomic mass is 16.2. The van der Waals surface area contributed by atoms with Crippen LogP contribution in [0, 0.1) is 12.3 Å². The molecule has 0 spiro atoms. The van der Waals surface area contributed by atoms with E-state index in [1.54, 1.807) is 4.90 Å². The summed E-state index contributed by atoms with van der Waals surface area (Å²) in [7, 11) is 0. The first-order valence-electron chi connectivity index (χ1n) is 6.78. The number of terminal acetylenes is 1. The number of nitrogens with zero attached hydrogens (tertiary/aromatic N) is 1. The molecule has 0 saturated carbocycles. The minimum atomic E-state index is -0.144. The summed E-state index contributed by atoms with van der Waals surface area (Å²) in [6.45, 7) is 3.93. The van der Waals surface area contributed by atoms with Crippen molar-refractivity contribution in [3.05, 3.63) is 35.4 Å². The van der Waals surface area contributed by atoms with Gasteiger partial charge in [-0.3, -0.25) is 4.79 Å². The summed E-state index contributed by atoms with van der Waals surface area (Å²) in [6.07, 6.45) is 7.02. The number of benzene rings is 1. The largest absolute Gasteiger partial charge is 0.330 e. The Labute approximate surface area is 115 Å². The second-order valence-corrected chi connectivity index (χ2v) is 4.87. The van der Waals surface area contributed by atoms with Gasteiger partial charge in [-0.05, 0) is 24.0 Å². The van der Waals surface area contributed by atoms with Crippen LogP contribution in [0.5, 0.6) is 0 Å². The van der Waals surface area contributed by atoms with Crippen LogP contribution in [0.25, 0.3) is 0 Å². The lowest BCUT2D eigenvalue weighted by atomic mass is 9.95. The molecule has 0 bridgehead atoms. The van der Waals surface area contributed by atoms with Crippen molar-refractivity contribution in [2.45, 2.75) is 32.4 Å². The maximum atomic E-state index is 12.5. The Balaban J connectivity index is 2.07. The van der Waals surface area contributed by atoms with E-state index in [1.807, 2.05) is 12.1 Å². The minimum absolute atomic E-state index is 0.120. The molecule has 1 amide bonds. The molecule has 1 atom stereocenters. The lowest BCUT2D eigenvalue weighted by Crippen LogP contribution is -2.49. The molecule has 1 aromatic rings. The second kappa shape index (κ2) is 6.40. The zero-order valence-electron chi connectivity index (χ0n) is 11.4. The maximum Gasteiger partial charge on any atom is 0.240 e. The Hall–Kier alpha value is -1.79. The number of hydrogen-bond acceptors (Lipinski definition) is 2. The Morgan fingerprint density at radius 2 is 2.21 bits per heavy atom. The van der Waals surface area contributed by atoms with Crippen LogP contribution in [0.1, 0.15) is 24.5 Å². The van der Waals surface area contributed by atoms with Gasteiger partial charge in [0.05, 0.1) is 12.6 Å².